The molecular weight excluding hydrogens is 413 g/mol. The zero-order valence-corrected chi connectivity index (χ0v) is 18.6. The maximum Gasteiger partial charge on any atom is 0.123 e. The molecule has 2 aromatic carbocycles. The van der Waals surface area contributed by atoms with Crippen molar-refractivity contribution in [3.8, 4) is 5.69 Å². The van der Waals surface area contributed by atoms with Gasteiger partial charge in [0.05, 0.1) is 23.5 Å². The zero-order valence-electron chi connectivity index (χ0n) is 18.6. The molecule has 0 spiro atoms. The van der Waals surface area contributed by atoms with E-state index in [1.165, 1.54) is 23.3 Å². The van der Waals surface area contributed by atoms with E-state index in [1.54, 1.807) is 12.1 Å². The molecule has 0 aliphatic heterocycles. The molecule has 0 bridgehead atoms. The van der Waals surface area contributed by atoms with Crippen molar-refractivity contribution in [2.75, 3.05) is 0 Å². The fraction of sp³-hybridized carbons (Fsp3) is 0.357. The first kappa shape index (κ1) is 20.5. The van der Waals surface area contributed by atoms with E-state index in [-0.39, 0.29) is 17.3 Å². The highest BCUT2D eigenvalue weighted by molar-refractivity contribution is 5.82. The molecular formula is C28H28FN3O. The molecule has 0 amide bonds. The number of fused-ring (bicyclic) bond motifs is 4. The van der Waals surface area contributed by atoms with Crippen molar-refractivity contribution in [3.63, 3.8) is 0 Å². The van der Waals surface area contributed by atoms with Crippen LogP contribution in [-0.4, -0.2) is 26.0 Å². The summed E-state index contributed by atoms with van der Waals surface area (Å²) < 4.78 is 15.4. The number of nitrogens with zero attached hydrogens (tertiary/aromatic N) is 3. The summed E-state index contributed by atoms with van der Waals surface area (Å²) in [6, 6.07) is 17.3. The lowest BCUT2D eigenvalue weighted by molar-refractivity contribution is 0.0465. The third-order valence-corrected chi connectivity index (χ3v) is 7.88. The molecule has 2 aliphatic rings. The van der Waals surface area contributed by atoms with Gasteiger partial charge in [0.15, 0.2) is 0 Å². The van der Waals surface area contributed by atoms with Crippen LogP contribution < -0.4 is 0 Å². The quantitative estimate of drug-likeness (QED) is 0.454. The number of hydrogen-bond acceptors (Lipinski definition) is 3. The SMILES string of the molecule is OC1CCC2(Cc3ccccn3)c3cc4cnn(-c5ccc(F)cc5)c4cc3CCCC2C1. The Morgan fingerprint density at radius 3 is 2.79 bits per heavy atom. The average molecular weight is 442 g/mol. The van der Waals surface area contributed by atoms with Crippen LogP contribution in [0.3, 0.4) is 0 Å². The van der Waals surface area contributed by atoms with Crippen LogP contribution in [0, 0.1) is 11.7 Å². The largest absolute Gasteiger partial charge is 0.393 e. The molecule has 1 N–H and O–H groups in total. The molecule has 33 heavy (non-hydrogen) atoms. The number of rotatable bonds is 3. The number of aliphatic hydroxyl groups excluding tert-OH is 1. The Bertz CT molecular complexity index is 1280. The first-order chi connectivity index (χ1) is 16.1. The number of benzene rings is 2. The van der Waals surface area contributed by atoms with Crippen LogP contribution >= 0.6 is 0 Å². The van der Waals surface area contributed by atoms with Crippen LogP contribution in [0.15, 0.2) is 67.0 Å². The monoisotopic (exact) mass is 441 g/mol. The van der Waals surface area contributed by atoms with Gasteiger partial charge in [-0.25, -0.2) is 9.07 Å². The van der Waals surface area contributed by atoms with Gasteiger partial charge in [-0.05, 0) is 111 Å². The molecule has 4 aromatic rings. The highest BCUT2D eigenvalue weighted by Gasteiger charge is 2.46. The zero-order chi connectivity index (χ0) is 22.4. The molecule has 3 atom stereocenters. The summed E-state index contributed by atoms with van der Waals surface area (Å²) >= 11 is 0. The second-order valence-corrected chi connectivity index (χ2v) is 9.77. The Hall–Kier alpha value is -3.05. The minimum Gasteiger partial charge on any atom is -0.393 e. The van der Waals surface area contributed by atoms with Crippen LogP contribution in [0.25, 0.3) is 16.6 Å². The summed E-state index contributed by atoms with van der Waals surface area (Å²) in [5.74, 6) is 0.195. The van der Waals surface area contributed by atoms with Gasteiger partial charge in [-0.2, -0.15) is 5.10 Å². The van der Waals surface area contributed by atoms with Crippen LogP contribution in [0.1, 0.15) is 48.9 Å². The summed E-state index contributed by atoms with van der Waals surface area (Å²) in [7, 11) is 0. The van der Waals surface area contributed by atoms with Crippen molar-refractivity contribution < 1.29 is 9.50 Å². The van der Waals surface area contributed by atoms with Crippen molar-refractivity contribution in [2.24, 2.45) is 5.92 Å². The normalized spacial score (nSPS) is 24.8. The highest BCUT2D eigenvalue weighted by atomic mass is 19.1. The van der Waals surface area contributed by atoms with E-state index in [4.69, 9.17) is 0 Å². The summed E-state index contributed by atoms with van der Waals surface area (Å²) in [5.41, 5.74) is 5.80. The molecule has 1 saturated carbocycles. The fourth-order valence-electron chi connectivity index (χ4n) is 6.32. The molecule has 2 aliphatic carbocycles. The van der Waals surface area contributed by atoms with Gasteiger partial charge in [-0.15, -0.1) is 0 Å². The van der Waals surface area contributed by atoms with Crippen LogP contribution in [0.4, 0.5) is 4.39 Å². The molecule has 168 valence electrons. The van der Waals surface area contributed by atoms with E-state index in [1.807, 2.05) is 23.1 Å². The highest BCUT2D eigenvalue weighted by Crippen LogP contribution is 2.51. The minimum atomic E-state index is -0.244. The van der Waals surface area contributed by atoms with E-state index < -0.39 is 0 Å². The second kappa shape index (κ2) is 8.07. The molecule has 0 saturated heterocycles. The van der Waals surface area contributed by atoms with Crippen LogP contribution in [0.5, 0.6) is 0 Å². The molecule has 2 heterocycles. The van der Waals surface area contributed by atoms with Gasteiger partial charge >= 0.3 is 0 Å². The summed E-state index contributed by atoms with van der Waals surface area (Å²) in [4.78, 5) is 4.68. The molecule has 5 heteroatoms. The van der Waals surface area contributed by atoms with Gasteiger partial charge in [0.1, 0.15) is 5.82 Å². The van der Waals surface area contributed by atoms with Crippen molar-refractivity contribution in [1.82, 2.24) is 14.8 Å². The standard InChI is InChI=1S/C28H28FN3O/c29-22-7-9-24(10-8-22)32-27-15-19-4-3-5-21-16-25(33)11-12-28(21,17-23-6-1-2-13-30-23)26(19)14-20(27)18-31-32/h1-2,6-10,13-15,18,21,25,33H,3-5,11-12,16-17H2. The fourth-order valence-corrected chi connectivity index (χ4v) is 6.32. The summed E-state index contributed by atoms with van der Waals surface area (Å²) in [5, 5.41) is 16.3. The van der Waals surface area contributed by atoms with Crippen molar-refractivity contribution in [2.45, 2.75) is 56.5 Å². The molecule has 2 aromatic heterocycles. The average Bonchev–Trinajstić information content (AvgIpc) is 3.18. The summed E-state index contributed by atoms with van der Waals surface area (Å²) in [6.45, 7) is 0. The van der Waals surface area contributed by atoms with Crippen molar-refractivity contribution in [3.05, 3.63) is 89.6 Å². The van der Waals surface area contributed by atoms with Crippen molar-refractivity contribution in [1.29, 1.82) is 0 Å². The Morgan fingerprint density at radius 2 is 1.97 bits per heavy atom. The van der Waals surface area contributed by atoms with Gasteiger partial charge < -0.3 is 5.11 Å². The Kier molecular flexibility index (Phi) is 5.02. The number of aromatic nitrogens is 3. The van der Waals surface area contributed by atoms with Gasteiger partial charge in [-0.1, -0.05) is 6.07 Å². The number of pyridine rings is 1. The van der Waals surface area contributed by atoms with E-state index in [0.29, 0.717) is 5.92 Å². The lowest BCUT2D eigenvalue weighted by Crippen LogP contribution is -2.44. The van der Waals surface area contributed by atoms with Gasteiger partial charge in [-0.3, -0.25) is 4.98 Å². The van der Waals surface area contributed by atoms with E-state index in [0.717, 1.165) is 67.2 Å². The summed E-state index contributed by atoms with van der Waals surface area (Å²) in [6.07, 6.45) is 10.4. The number of halogens is 1. The van der Waals surface area contributed by atoms with Crippen molar-refractivity contribution >= 4 is 10.9 Å². The molecule has 0 radical (unpaired) electrons. The maximum absolute atomic E-state index is 13.5. The van der Waals surface area contributed by atoms with Gasteiger partial charge in [0.25, 0.3) is 0 Å². The number of hydrogen-bond donors (Lipinski definition) is 1. The molecule has 3 unspecified atom stereocenters. The minimum absolute atomic E-state index is 0.0222. The molecule has 6 rings (SSSR count). The van der Waals surface area contributed by atoms with Crippen LogP contribution in [0.2, 0.25) is 0 Å². The lowest BCUT2D eigenvalue weighted by Gasteiger charge is -2.46. The van der Waals surface area contributed by atoms with Gasteiger partial charge in [0, 0.05) is 22.7 Å². The predicted molar refractivity (Wildman–Crippen MR) is 127 cm³/mol. The Labute approximate surface area is 193 Å². The number of aliphatic hydroxyl groups is 1. The first-order valence-electron chi connectivity index (χ1n) is 12.0. The van der Waals surface area contributed by atoms with Crippen LogP contribution in [-0.2, 0) is 18.3 Å². The smallest absolute Gasteiger partial charge is 0.123 e. The van der Waals surface area contributed by atoms with Gasteiger partial charge in [0.2, 0.25) is 0 Å². The topological polar surface area (TPSA) is 50.9 Å². The number of aryl methyl sites for hydroxylation is 1. The maximum atomic E-state index is 13.5. The molecule has 1 fully saturated rings. The van der Waals surface area contributed by atoms with E-state index in [9.17, 15) is 9.50 Å². The third-order valence-electron chi connectivity index (χ3n) is 7.88. The first-order valence-corrected chi connectivity index (χ1v) is 12.0. The Morgan fingerprint density at radius 1 is 1.09 bits per heavy atom. The third kappa shape index (κ3) is 3.55. The van der Waals surface area contributed by atoms with E-state index >= 15 is 0 Å². The Balaban J connectivity index is 1.51. The predicted octanol–water partition coefficient (Wildman–Crippen LogP) is 5.54. The lowest BCUT2D eigenvalue weighted by atomic mass is 9.59. The second-order valence-electron chi connectivity index (χ2n) is 9.77. The molecule has 4 nitrogen and oxygen atoms in total. The van der Waals surface area contributed by atoms with E-state index in [2.05, 4.69) is 34.3 Å².